The number of para-hydroxylation sites is 2. The molecule has 0 bridgehead atoms. The fourth-order valence-electron chi connectivity index (χ4n) is 8.05. The number of benzene rings is 8. The molecular formula is C51H32N4S. The van der Waals surface area contributed by atoms with Gasteiger partial charge in [0.25, 0.3) is 0 Å². The molecule has 0 fully saturated rings. The highest BCUT2D eigenvalue weighted by Gasteiger charge is 2.18. The summed E-state index contributed by atoms with van der Waals surface area (Å²) in [5.74, 6) is 1.98. The quantitative estimate of drug-likeness (QED) is 0.171. The van der Waals surface area contributed by atoms with E-state index in [2.05, 4.69) is 138 Å². The Balaban J connectivity index is 1.05. The molecular weight excluding hydrogens is 701 g/mol. The van der Waals surface area contributed by atoms with E-state index in [0.29, 0.717) is 17.5 Å². The van der Waals surface area contributed by atoms with Crippen LogP contribution in [0.4, 0.5) is 0 Å². The lowest BCUT2D eigenvalue weighted by molar-refractivity contribution is 1.07. The minimum absolute atomic E-state index is 0.658. The fourth-order valence-corrected chi connectivity index (χ4v) is 9.32. The van der Waals surface area contributed by atoms with Gasteiger partial charge in [0.2, 0.25) is 0 Å². The van der Waals surface area contributed by atoms with Crippen LogP contribution in [0.2, 0.25) is 0 Å². The van der Waals surface area contributed by atoms with E-state index in [1.54, 1.807) is 0 Å². The average molecular weight is 733 g/mol. The average Bonchev–Trinajstić information content (AvgIpc) is 3.82. The van der Waals surface area contributed by atoms with Crippen molar-refractivity contribution in [1.82, 2.24) is 19.5 Å². The summed E-state index contributed by atoms with van der Waals surface area (Å²) < 4.78 is 4.84. The summed E-state index contributed by atoms with van der Waals surface area (Å²) in [4.78, 5) is 14.9. The van der Waals surface area contributed by atoms with Gasteiger partial charge < -0.3 is 4.57 Å². The molecule has 3 heterocycles. The SMILES string of the molecule is c1ccc(-c2nc(-c3ccccc3)nc(-c3ccc4c(c3)sc3c(-c5ccccc5-c5ccc6c7ccccc7n(-c7ccccc7)c6c5)cccc34)n2)cc1. The minimum atomic E-state index is 0.658. The van der Waals surface area contributed by atoms with Gasteiger partial charge in [-0.2, -0.15) is 0 Å². The van der Waals surface area contributed by atoms with Crippen molar-refractivity contribution in [2.75, 3.05) is 0 Å². The Morgan fingerprint density at radius 2 is 0.875 bits per heavy atom. The molecule has 0 aliphatic heterocycles. The van der Waals surface area contributed by atoms with Crippen LogP contribution in [-0.4, -0.2) is 19.5 Å². The van der Waals surface area contributed by atoms with Crippen molar-refractivity contribution in [3.63, 3.8) is 0 Å². The number of rotatable bonds is 6. The third kappa shape index (κ3) is 5.40. The van der Waals surface area contributed by atoms with E-state index >= 15 is 0 Å². The Labute approximate surface area is 327 Å². The molecule has 0 spiro atoms. The summed E-state index contributed by atoms with van der Waals surface area (Å²) in [6.07, 6.45) is 0. The topological polar surface area (TPSA) is 43.6 Å². The summed E-state index contributed by atoms with van der Waals surface area (Å²) in [6, 6.07) is 68.7. The Morgan fingerprint density at radius 3 is 1.61 bits per heavy atom. The fraction of sp³-hybridized carbons (Fsp3) is 0. The molecule has 3 aromatic heterocycles. The van der Waals surface area contributed by atoms with Crippen LogP contribution >= 0.6 is 11.3 Å². The Kier molecular flexibility index (Phi) is 7.64. The molecule has 0 aliphatic rings. The van der Waals surface area contributed by atoms with Gasteiger partial charge in [0.1, 0.15) is 0 Å². The van der Waals surface area contributed by atoms with Gasteiger partial charge in [0, 0.05) is 58.9 Å². The number of hydrogen-bond donors (Lipinski definition) is 0. The summed E-state index contributed by atoms with van der Waals surface area (Å²) in [6.45, 7) is 0. The van der Waals surface area contributed by atoms with Crippen molar-refractivity contribution in [3.05, 3.63) is 194 Å². The van der Waals surface area contributed by atoms with Gasteiger partial charge >= 0.3 is 0 Å². The monoisotopic (exact) mass is 732 g/mol. The molecule has 11 aromatic rings. The molecule has 56 heavy (non-hydrogen) atoms. The second-order valence-electron chi connectivity index (χ2n) is 14.0. The minimum Gasteiger partial charge on any atom is -0.309 e. The zero-order valence-electron chi connectivity index (χ0n) is 30.2. The van der Waals surface area contributed by atoms with Gasteiger partial charge in [-0.05, 0) is 47.0 Å². The maximum Gasteiger partial charge on any atom is 0.164 e. The molecule has 11 rings (SSSR count). The Bertz CT molecular complexity index is 3180. The van der Waals surface area contributed by atoms with E-state index in [0.717, 1.165) is 22.4 Å². The lowest BCUT2D eigenvalue weighted by atomic mass is 9.93. The third-order valence-electron chi connectivity index (χ3n) is 10.7. The van der Waals surface area contributed by atoms with Gasteiger partial charge in [-0.15, -0.1) is 11.3 Å². The normalized spacial score (nSPS) is 11.6. The van der Waals surface area contributed by atoms with E-state index in [9.17, 15) is 0 Å². The highest BCUT2D eigenvalue weighted by Crippen LogP contribution is 2.44. The summed E-state index contributed by atoms with van der Waals surface area (Å²) >= 11 is 1.83. The molecule has 4 nitrogen and oxygen atoms in total. The van der Waals surface area contributed by atoms with Gasteiger partial charge in [-0.1, -0.05) is 164 Å². The van der Waals surface area contributed by atoms with E-state index < -0.39 is 0 Å². The maximum absolute atomic E-state index is 5.01. The molecule has 8 aromatic carbocycles. The molecule has 0 atom stereocenters. The van der Waals surface area contributed by atoms with Crippen LogP contribution < -0.4 is 0 Å². The number of nitrogens with zero attached hydrogens (tertiary/aromatic N) is 4. The summed E-state index contributed by atoms with van der Waals surface area (Å²) in [5.41, 5.74) is 11.3. The smallest absolute Gasteiger partial charge is 0.164 e. The van der Waals surface area contributed by atoms with Crippen molar-refractivity contribution in [3.8, 4) is 62.1 Å². The van der Waals surface area contributed by atoms with Crippen molar-refractivity contribution >= 4 is 53.3 Å². The van der Waals surface area contributed by atoms with E-state index in [-0.39, 0.29) is 0 Å². The van der Waals surface area contributed by atoms with Crippen molar-refractivity contribution < 1.29 is 0 Å². The molecule has 0 saturated heterocycles. The zero-order chi connectivity index (χ0) is 37.0. The standard InChI is InChI=1S/C51H32N4S/c1-4-15-33(16-5-1)49-52-50(34-17-6-2-7-18-34)54-51(53-49)36-28-30-42-44-25-14-24-43(48(44)56-47(42)32-36)39-22-11-10-21-38(39)35-27-29-41-40-23-12-13-26-45(40)55(46(41)31-35)37-19-8-3-9-20-37/h1-32H. The van der Waals surface area contributed by atoms with Crippen LogP contribution in [0.25, 0.3) is 104 Å². The predicted molar refractivity (Wildman–Crippen MR) is 234 cm³/mol. The lowest BCUT2D eigenvalue weighted by Gasteiger charge is -2.13. The van der Waals surface area contributed by atoms with Crippen LogP contribution in [0.3, 0.4) is 0 Å². The molecule has 0 saturated carbocycles. The summed E-state index contributed by atoms with van der Waals surface area (Å²) in [7, 11) is 0. The van der Waals surface area contributed by atoms with Gasteiger partial charge in [-0.25, -0.2) is 15.0 Å². The van der Waals surface area contributed by atoms with Gasteiger partial charge in [0.15, 0.2) is 17.5 Å². The van der Waals surface area contributed by atoms with Crippen molar-refractivity contribution in [1.29, 1.82) is 0 Å². The first kappa shape index (κ1) is 32.2. The molecule has 0 unspecified atom stereocenters. The number of aromatic nitrogens is 4. The Hall–Kier alpha value is -7.21. The van der Waals surface area contributed by atoms with Crippen LogP contribution in [0.15, 0.2) is 194 Å². The van der Waals surface area contributed by atoms with E-state index in [1.807, 2.05) is 72.0 Å². The maximum atomic E-state index is 5.01. The second kappa shape index (κ2) is 13.3. The number of thiophene rings is 1. The van der Waals surface area contributed by atoms with Crippen LogP contribution in [0.5, 0.6) is 0 Å². The molecule has 262 valence electrons. The van der Waals surface area contributed by atoms with Crippen molar-refractivity contribution in [2.45, 2.75) is 0 Å². The molecule has 0 N–H and O–H groups in total. The molecule has 0 aliphatic carbocycles. The first-order chi connectivity index (χ1) is 27.8. The van der Waals surface area contributed by atoms with Gasteiger partial charge in [0.05, 0.1) is 11.0 Å². The summed E-state index contributed by atoms with van der Waals surface area (Å²) in [5, 5.41) is 4.97. The molecule has 0 radical (unpaired) electrons. The first-order valence-electron chi connectivity index (χ1n) is 18.8. The van der Waals surface area contributed by atoms with Crippen LogP contribution in [0.1, 0.15) is 0 Å². The van der Waals surface area contributed by atoms with E-state index in [1.165, 1.54) is 64.2 Å². The van der Waals surface area contributed by atoms with Crippen LogP contribution in [-0.2, 0) is 0 Å². The highest BCUT2D eigenvalue weighted by molar-refractivity contribution is 7.26. The number of fused-ring (bicyclic) bond motifs is 6. The Morgan fingerprint density at radius 1 is 0.339 bits per heavy atom. The van der Waals surface area contributed by atoms with E-state index in [4.69, 9.17) is 15.0 Å². The zero-order valence-corrected chi connectivity index (χ0v) is 31.0. The third-order valence-corrected chi connectivity index (χ3v) is 11.9. The highest BCUT2D eigenvalue weighted by atomic mass is 32.1. The van der Waals surface area contributed by atoms with Gasteiger partial charge in [-0.3, -0.25) is 0 Å². The number of hydrogen-bond acceptors (Lipinski definition) is 4. The predicted octanol–water partition coefficient (Wildman–Crippen LogP) is 13.7. The van der Waals surface area contributed by atoms with Crippen LogP contribution in [0, 0.1) is 0 Å². The lowest BCUT2D eigenvalue weighted by Crippen LogP contribution is -1.99. The molecule has 0 amide bonds. The largest absolute Gasteiger partial charge is 0.309 e. The molecule has 5 heteroatoms. The second-order valence-corrected chi connectivity index (χ2v) is 15.1. The first-order valence-corrected chi connectivity index (χ1v) is 19.6. The van der Waals surface area contributed by atoms with Crippen molar-refractivity contribution in [2.24, 2.45) is 0 Å².